The molecule has 8 heteroatoms. The van der Waals surface area contributed by atoms with Crippen LogP contribution in [0.5, 0.6) is 0 Å². The standard InChI is InChI=1S/C16H17FN6O/c1-3-23-18-8-14(20-23)19-15(24)10-22-9-11(2)16(21-22)12-6-4-5-7-13(12)17/h4-9H,3,10H2,1-2H3,(H,19,20,24). The Bertz CT molecular complexity index is 869. The maximum absolute atomic E-state index is 13.9. The number of aromatic nitrogens is 5. The minimum atomic E-state index is -0.341. The summed E-state index contributed by atoms with van der Waals surface area (Å²) in [5, 5.41) is 15.1. The van der Waals surface area contributed by atoms with Crippen LogP contribution in [-0.4, -0.2) is 30.7 Å². The van der Waals surface area contributed by atoms with Crippen LogP contribution in [0, 0.1) is 12.7 Å². The first-order valence-electron chi connectivity index (χ1n) is 7.55. The first-order chi connectivity index (χ1) is 11.6. The Hall–Kier alpha value is -3.03. The third kappa shape index (κ3) is 3.32. The molecule has 0 saturated carbocycles. The number of aryl methyl sites for hydroxylation is 2. The highest BCUT2D eigenvalue weighted by molar-refractivity contribution is 5.89. The van der Waals surface area contributed by atoms with Crippen molar-refractivity contribution in [2.75, 3.05) is 5.32 Å². The maximum Gasteiger partial charge on any atom is 0.247 e. The lowest BCUT2D eigenvalue weighted by atomic mass is 10.1. The Morgan fingerprint density at radius 2 is 2.08 bits per heavy atom. The van der Waals surface area contributed by atoms with Crippen LogP contribution >= 0.6 is 0 Å². The van der Waals surface area contributed by atoms with Crippen molar-refractivity contribution in [2.24, 2.45) is 0 Å². The van der Waals surface area contributed by atoms with Crippen LogP contribution in [0.2, 0.25) is 0 Å². The molecule has 0 aliphatic heterocycles. The summed E-state index contributed by atoms with van der Waals surface area (Å²) in [6, 6.07) is 6.43. The van der Waals surface area contributed by atoms with Gasteiger partial charge in [-0.3, -0.25) is 9.48 Å². The molecule has 0 atom stereocenters. The van der Waals surface area contributed by atoms with Gasteiger partial charge in [0.05, 0.1) is 18.4 Å². The van der Waals surface area contributed by atoms with Gasteiger partial charge in [-0.1, -0.05) is 12.1 Å². The van der Waals surface area contributed by atoms with Gasteiger partial charge in [-0.05, 0) is 31.5 Å². The van der Waals surface area contributed by atoms with E-state index in [4.69, 9.17) is 0 Å². The maximum atomic E-state index is 13.9. The van der Waals surface area contributed by atoms with Crippen molar-refractivity contribution in [1.29, 1.82) is 0 Å². The Morgan fingerprint density at radius 3 is 2.79 bits per heavy atom. The SMILES string of the molecule is CCn1ncc(NC(=O)Cn2cc(C)c(-c3ccccc3F)n2)n1. The van der Waals surface area contributed by atoms with Gasteiger partial charge in [0.25, 0.3) is 0 Å². The second kappa shape index (κ2) is 6.61. The average Bonchev–Trinajstić information content (AvgIpc) is 3.14. The molecule has 124 valence electrons. The number of nitrogens with zero attached hydrogens (tertiary/aromatic N) is 5. The number of anilines is 1. The van der Waals surface area contributed by atoms with E-state index in [9.17, 15) is 9.18 Å². The number of carbonyl (C=O) groups excluding carboxylic acids is 1. The fourth-order valence-corrected chi connectivity index (χ4v) is 2.36. The lowest BCUT2D eigenvalue weighted by Gasteiger charge is -2.02. The molecule has 2 heterocycles. The van der Waals surface area contributed by atoms with Gasteiger partial charge in [0.15, 0.2) is 5.82 Å². The van der Waals surface area contributed by atoms with Crippen LogP contribution in [0.4, 0.5) is 10.2 Å². The molecule has 3 rings (SSSR count). The topological polar surface area (TPSA) is 77.6 Å². The van der Waals surface area contributed by atoms with E-state index < -0.39 is 0 Å². The van der Waals surface area contributed by atoms with Crippen LogP contribution in [0.15, 0.2) is 36.7 Å². The summed E-state index contributed by atoms with van der Waals surface area (Å²) < 4.78 is 15.4. The second-order valence-electron chi connectivity index (χ2n) is 5.30. The molecule has 2 aromatic heterocycles. The van der Waals surface area contributed by atoms with E-state index in [1.807, 2.05) is 13.8 Å². The van der Waals surface area contributed by atoms with E-state index in [-0.39, 0.29) is 18.3 Å². The number of rotatable bonds is 5. The van der Waals surface area contributed by atoms with Gasteiger partial charge in [-0.15, -0.1) is 5.10 Å². The van der Waals surface area contributed by atoms with Gasteiger partial charge in [0, 0.05) is 11.8 Å². The summed E-state index contributed by atoms with van der Waals surface area (Å²) in [7, 11) is 0. The molecule has 0 spiro atoms. The Labute approximate surface area is 138 Å². The van der Waals surface area contributed by atoms with Crippen LogP contribution in [0.1, 0.15) is 12.5 Å². The Morgan fingerprint density at radius 1 is 1.29 bits per heavy atom. The number of amides is 1. The molecule has 0 aliphatic rings. The molecule has 1 N–H and O–H groups in total. The zero-order valence-electron chi connectivity index (χ0n) is 13.4. The highest BCUT2D eigenvalue weighted by Gasteiger charge is 2.14. The number of hydrogen-bond donors (Lipinski definition) is 1. The van der Waals surface area contributed by atoms with E-state index >= 15 is 0 Å². The third-order valence-corrected chi connectivity index (χ3v) is 3.47. The van der Waals surface area contributed by atoms with Crippen molar-refractivity contribution < 1.29 is 9.18 Å². The number of nitrogens with one attached hydrogen (secondary N) is 1. The van der Waals surface area contributed by atoms with E-state index in [0.717, 1.165) is 5.56 Å². The highest BCUT2D eigenvalue weighted by Crippen LogP contribution is 2.24. The van der Waals surface area contributed by atoms with Gasteiger partial charge in [-0.2, -0.15) is 15.0 Å². The lowest BCUT2D eigenvalue weighted by molar-refractivity contribution is -0.116. The summed E-state index contributed by atoms with van der Waals surface area (Å²) in [4.78, 5) is 13.6. The zero-order valence-corrected chi connectivity index (χ0v) is 13.4. The van der Waals surface area contributed by atoms with Gasteiger partial charge < -0.3 is 5.32 Å². The summed E-state index contributed by atoms with van der Waals surface area (Å²) in [5.74, 6) is -0.229. The van der Waals surface area contributed by atoms with Crippen molar-refractivity contribution in [2.45, 2.75) is 26.9 Å². The first-order valence-corrected chi connectivity index (χ1v) is 7.55. The number of halogens is 1. The van der Waals surface area contributed by atoms with Crippen LogP contribution < -0.4 is 5.32 Å². The molecule has 0 fully saturated rings. The minimum absolute atomic E-state index is 0.00821. The van der Waals surface area contributed by atoms with E-state index in [1.54, 1.807) is 24.4 Å². The average molecular weight is 328 g/mol. The van der Waals surface area contributed by atoms with Crippen molar-refractivity contribution in [1.82, 2.24) is 24.8 Å². The normalized spacial score (nSPS) is 10.8. The second-order valence-corrected chi connectivity index (χ2v) is 5.30. The molecule has 0 aliphatic carbocycles. The smallest absolute Gasteiger partial charge is 0.247 e. The molecule has 0 radical (unpaired) electrons. The van der Waals surface area contributed by atoms with Crippen molar-refractivity contribution in [3.63, 3.8) is 0 Å². The molecule has 1 amide bonds. The van der Waals surface area contributed by atoms with E-state index in [2.05, 4.69) is 20.6 Å². The molecule has 0 saturated heterocycles. The summed E-state index contributed by atoms with van der Waals surface area (Å²) in [6.07, 6.45) is 3.20. The monoisotopic (exact) mass is 328 g/mol. The fourth-order valence-electron chi connectivity index (χ4n) is 2.36. The quantitative estimate of drug-likeness (QED) is 0.779. The van der Waals surface area contributed by atoms with Gasteiger partial charge in [0.1, 0.15) is 12.4 Å². The molecule has 24 heavy (non-hydrogen) atoms. The van der Waals surface area contributed by atoms with Crippen molar-refractivity contribution >= 4 is 11.7 Å². The van der Waals surface area contributed by atoms with Gasteiger partial charge in [0.2, 0.25) is 5.91 Å². The predicted octanol–water partition coefficient (Wildman–Crippen LogP) is 2.25. The van der Waals surface area contributed by atoms with Crippen LogP contribution in [-0.2, 0) is 17.9 Å². The minimum Gasteiger partial charge on any atom is -0.306 e. The van der Waals surface area contributed by atoms with Crippen molar-refractivity contribution in [3.8, 4) is 11.3 Å². The highest BCUT2D eigenvalue weighted by atomic mass is 19.1. The lowest BCUT2D eigenvalue weighted by Crippen LogP contribution is -2.19. The predicted molar refractivity (Wildman–Crippen MR) is 86.7 cm³/mol. The van der Waals surface area contributed by atoms with Crippen LogP contribution in [0.25, 0.3) is 11.3 Å². The molecular weight excluding hydrogens is 311 g/mol. The molecule has 0 bridgehead atoms. The summed E-state index contributed by atoms with van der Waals surface area (Å²) >= 11 is 0. The Balaban J connectivity index is 1.73. The summed E-state index contributed by atoms with van der Waals surface area (Å²) in [6.45, 7) is 4.37. The number of benzene rings is 1. The Kier molecular flexibility index (Phi) is 4.37. The molecule has 3 aromatic rings. The van der Waals surface area contributed by atoms with Crippen molar-refractivity contribution in [3.05, 3.63) is 48.0 Å². The molecule has 0 unspecified atom stereocenters. The van der Waals surface area contributed by atoms with Gasteiger partial charge >= 0.3 is 0 Å². The largest absolute Gasteiger partial charge is 0.306 e. The molecule has 1 aromatic carbocycles. The first kappa shape index (κ1) is 15.9. The van der Waals surface area contributed by atoms with Crippen LogP contribution in [0.3, 0.4) is 0 Å². The summed E-state index contributed by atoms with van der Waals surface area (Å²) in [5.41, 5.74) is 1.74. The van der Waals surface area contributed by atoms with Gasteiger partial charge in [-0.25, -0.2) is 4.39 Å². The number of hydrogen-bond acceptors (Lipinski definition) is 4. The third-order valence-electron chi connectivity index (χ3n) is 3.47. The fraction of sp³-hybridized carbons (Fsp3) is 0.250. The molecule has 7 nitrogen and oxygen atoms in total. The van der Waals surface area contributed by atoms with E-state index in [1.165, 1.54) is 21.7 Å². The van der Waals surface area contributed by atoms with E-state index in [0.29, 0.717) is 23.6 Å². The molecular formula is C16H17FN6O. The zero-order chi connectivity index (χ0) is 17.1. The number of carbonyl (C=O) groups is 1.